The lowest BCUT2D eigenvalue weighted by molar-refractivity contribution is -0.138. The summed E-state index contributed by atoms with van der Waals surface area (Å²) in [5, 5.41) is 15.1. The molecule has 2 amide bonds. The van der Waals surface area contributed by atoms with E-state index in [1.165, 1.54) is 12.0 Å². The van der Waals surface area contributed by atoms with Gasteiger partial charge in [0.15, 0.2) is 0 Å². The Hall–Kier alpha value is -2.35. The zero-order chi connectivity index (χ0) is 19.1. The number of hydrogen-bond donors (Lipinski definition) is 3. The third-order valence-corrected chi connectivity index (χ3v) is 5.11. The number of carbonyl (C=O) groups is 2. The number of carboxylic acid groups (broad SMARTS) is 1. The zero-order valence-electron chi connectivity index (χ0n) is 15.7. The van der Waals surface area contributed by atoms with E-state index >= 15 is 0 Å². The number of carbonyl (C=O) groups excluding carboxylic acids is 1. The van der Waals surface area contributed by atoms with Crippen LogP contribution in [-0.4, -0.2) is 77.7 Å². The zero-order valence-corrected chi connectivity index (χ0v) is 15.7. The number of aromatic nitrogens is 1. The van der Waals surface area contributed by atoms with Crippen LogP contribution in [0.3, 0.4) is 0 Å². The molecule has 2 aliphatic heterocycles. The number of hydrogen-bond acceptors (Lipinski definition) is 5. The minimum absolute atomic E-state index is 0.0434. The molecule has 3 rings (SSSR count). The second-order valence-electron chi connectivity index (χ2n) is 7.19. The Bertz CT molecular complexity index is 659. The van der Waals surface area contributed by atoms with E-state index < -0.39 is 5.97 Å². The Balaban J connectivity index is 1.30. The van der Waals surface area contributed by atoms with Crippen molar-refractivity contribution in [1.82, 2.24) is 20.1 Å². The van der Waals surface area contributed by atoms with E-state index in [1.807, 2.05) is 4.90 Å². The minimum atomic E-state index is -0.822. The van der Waals surface area contributed by atoms with Gasteiger partial charge in [0.1, 0.15) is 5.82 Å². The first-order valence-electron chi connectivity index (χ1n) is 9.81. The van der Waals surface area contributed by atoms with Crippen LogP contribution in [0, 0.1) is 0 Å². The number of carboxylic acids is 1. The minimum Gasteiger partial charge on any atom is -0.480 e. The number of piperazine rings is 1. The Kier molecular flexibility index (Phi) is 6.86. The van der Waals surface area contributed by atoms with Gasteiger partial charge < -0.3 is 20.6 Å². The van der Waals surface area contributed by atoms with Gasteiger partial charge in [0.05, 0.1) is 6.54 Å². The van der Waals surface area contributed by atoms with Crippen LogP contribution in [0.1, 0.15) is 30.5 Å². The van der Waals surface area contributed by atoms with Crippen LogP contribution in [0.25, 0.3) is 0 Å². The number of anilines is 1. The summed E-state index contributed by atoms with van der Waals surface area (Å²) < 4.78 is 0. The topological polar surface area (TPSA) is 97.8 Å². The third kappa shape index (κ3) is 5.82. The van der Waals surface area contributed by atoms with Crippen LogP contribution in [0.5, 0.6) is 0 Å². The number of amides is 2. The summed E-state index contributed by atoms with van der Waals surface area (Å²) in [7, 11) is 0. The van der Waals surface area contributed by atoms with E-state index in [9.17, 15) is 9.59 Å². The number of nitrogens with zero attached hydrogens (tertiary/aromatic N) is 3. The first kappa shape index (κ1) is 19.4. The summed E-state index contributed by atoms with van der Waals surface area (Å²) in [6.45, 7) is 4.06. The van der Waals surface area contributed by atoms with Crippen LogP contribution in [0.15, 0.2) is 12.1 Å². The van der Waals surface area contributed by atoms with Crippen molar-refractivity contribution in [3.8, 4) is 0 Å². The van der Waals surface area contributed by atoms with Crippen molar-refractivity contribution in [3.63, 3.8) is 0 Å². The molecule has 1 aromatic rings. The van der Waals surface area contributed by atoms with E-state index in [0.717, 1.165) is 43.7 Å². The standard InChI is InChI=1S/C19H29N5O3/c25-17(26)14-23-10-12-24(13-11-23)19(27)21-8-2-1-5-16-7-6-15-4-3-9-20-18(15)22-16/h6-7H,1-5,8-14H2,(H,20,22)(H,21,27)(H,25,26). The number of nitrogens with one attached hydrogen (secondary N) is 2. The van der Waals surface area contributed by atoms with Crippen molar-refractivity contribution in [2.75, 3.05) is 51.1 Å². The van der Waals surface area contributed by atoms with Crippen molar-refractivity contribution in [2.24, 2.45) is 0 Å². The Labute approximate surface area is 159 Å². The highest BCUT2D eigenvalue weighted by Gasteiger charge is 2.21. The number of rotatable bonds is 7. The van der Waals surface area contributed by atoms with Crippen LogP contribution in [-0.2, 0) is 17.6 Å². The largest absolute Gasteiger partial charge is 0.480 e. The van der Waals surface area contributed by atoms with Crippen molar-refractivity contribution in [1.29, 1.82) is 0 Å². The second-order valence-corrected chi connectivity index (χ2v) is 7.19. The average Bonchev–Trinajstić information content (AvgIpc) is 2.67. The molecule has 27 heavy (non-hydrogen) atoms. The van der Waals surface area contributed by atoms with Gasteiger partial charge in [-0.1, -0.05) is 6.07 Å². The molecule has 1 saturated heterocycles. The number of pyridine rings is 1. The van der Waals surface area contributed by atoms with Crippen molar-refractivity contribution >= 4 is 17.8 Å². The average molecular weight is 375 g/mol. The summed E-state index contributed by atoms with van der Waals surface area (Å²) in [4.78, 5) is 31.2. The molecule has 148 valence electrons. The molecule has 1 aromatic heterocycles. The number of fused-ring (bicyclic) bond motifs is 1. The Morgan fingerprint density at radius 1 is 1.19 bits per heavy atom. The normalized spacial score (nSPS) is 17.1. The highest BCUT2D eigenvalue weighted by molar-refractivity contribution is 5.74. The van der Waals surface area contributed by atoms with E-state index in [2.05, 4.69) is 22.8 Å². The van der Waals surface area contributed by atoms with Crippen LogP contribution in [0.2, 0.25) is 0 Å². The highest BCUT2D eigenvalue weighted by Crippen LogP contribution is 2.20. The van der Waals surface area contributed by atoms with Gasteiger partial charge in [0.2, 0.25) is 0 Å². The number of aliphatic carboxylic acids is 1. The molecular formula is C19H29N5O3. The molecule has 0 radical (unpaired) electrons. The van der Waals surface area contributed by atoms with Gasteiger partial charge in [-0.25, -0.2) is 9.78 Å². The van der Waals surface area contributed by atoms with Crippen molar-refractivity contribution in [2.45, 2.75) is 32.1 Å². The van der Waals surface area contributed by atoms with Gasteiger partial charge in [-0.15, -0.1) is 0 Å². The summed E-state index contributed by atoms with van der Waals surface area (Å²) in [6, 6.07) is 4.23. The fourth-order valence-electron chi connectivity index (χ4n) is 3.55. The molecule has 0 aliphatic carbocycles. The predicted octanol–water partition coefficient (Wildman–Crippen LogP) is 1.17. The molecular weight excluding hydrogens is 346 g/mol. The molecule has 0 atom stereocenters. The van der Waals surface area contributed by atoms with E-state index in [-0.39, 0.29) is 12.6 Å². The first-order valence-corrected chi connectivity index (χ1v) is 9.81. The van der Waals surface area contributed by atoms with Gasteiger partial charge in [-0.05, 0) is 43.7 Å². The van der Waals surface area contributed by atoms with Crippen LogP contribution >= 0.6 is 0 Å². The Morgan fingerprint density at radius 3 is 2.78 bits per heavy atom. The second kappa shape index (κ2) is 9.55. The van der Waals surface area contributed by atoms with Gasteiger partial charge in [-0.2, -0.15) is 0 Å². The number of unbranched alkanes of at least 4 members (excludes halogenated alkanes) is 1. The fourth-order valence-corrected chi connectivity index (χ4v) is 3.55. The molecule has 0 saturated carbocycles. The SMILES string of the molecule is O=C(O)CN1CCN(C(=O)NCCCCc2ccc3c(n2)NCCC3)CC1. The molecule has 8 nitrogen and oxygen atoms in total. The summed E-state index contributed by atoms with van der Waals surface area (Å²) in [6.07, 6.45) is 5.09. The van der Waals surface area contributed by atoms with Crippen molar-refractivity contribution < 1.29 is 14.7 Å². The Morgan fingerprint density at radius 2 is 2.00 bits per heavy atom. The van der Waals surface area contributed by atoms with Gasteiger partial charge in [0, 0.05) is 45.0 Å². The lowest BCUT2D eigenvalue weighted by Crippen LogP contribution is -2.52. The van der Waals surface area contributed by atoms with Gasteiger partial charge in [-0.3, -0.25) is 9.69 Å². The number of urea groups is 1. The lowest BCUT2D eigenvalue weighted by Gasteiger charge is -2.33. The maximum Gasteiger partial charge on any atom is 0.317 e. The smallest absolute Gasteiger partial charge is 0.317 e. The predicted molar refractivity (Wildman–Crippen MR) is 103 cm³/mol. The molecule has 0 aromatic carbocycles. The van der Waals surface area contributed by atoms with Gasteiger partial charge in [0.25, 0.3) is 0 Å². The molecule has 0 unspecified atom stereocenters. The maximum absolute atomic E-state index is 12.2. The molecule has 2 aliphatic rings. The third-order valence-electron chi connectivity index (χ3n) is 5.11. The first-order chi connectivity index (χ1) is 13.1. The monoisotopic (exact) mass is 375 g/mol. The van der Waals surface area contributed by atoms with Gasteiger partial charge >= 0.3 is 12.0 Å². The van der Waals surface area contributed by atoms with Crippen LogP contribution in [0.4, 0.5) is 10.6 Å². The molecule has 1 fully saturated rings. The fraction of sp³-hybridized carbons (Fsp3) is 0.632. The molecule has 3 heterocycles. The number of aryl methyl sites for hydroxylation is 2. The van der Waals surface area contributed by atoms with Crippen LogP contribution < -0.4 is 10.6 Å². The summed E-state index contributed by atoms with van der Waals surface area (Å²) >= 11 is 0. The summed E-state index contributed by atoms with van der Waals surface area (Å²) in [5.41, 5.74) is 2.41. The molecule has 0 bridgehead atoms. The van der Waals surface area contributed by atoms with E-state index in [0.29, 0.717) is 32.7 Å². The maximum atomic E-state index is 12.2. The van der Waals surface area contributed by atoms with E-state index in [4.69, 9.17) is 10.1 Å². The van der Waals surface area contributed by atoms with Crippen molar-refractivity contribution in [3.05, 3.63) is 23.4 Å². The summed E-state index contributed by atoms with van der Waals surface area (Å²) in [5.74, 6) is 0.214. The molecule has 3 N–H and O–H groups in total. The highest BCUT2D eigenvalue weighted by atomic mass is 16.4. The lowest BCUT2D eigenvalue weighted by atomic mass is 10.1. The van der Waals surface area contributed by atoms with E-state index in [1.54, 1.807) is 4.90 Å². The quantitative estimate of drug-likeness (QED) is 0.619. The molecule has 8 heteroatoms. The molecule has 0 spiro atoms.